The van der Waals surface area contributed by atoms with Gasteiger partial charge < -0.3 is 15.4 Å². The van der Waals surface area contributed by atoms with Crippen LogP contribution in [0.3, 0.4) is 0 Å². The minimum absolute atomic E-state index is 0.0197. The van der Waals surface area contributed by atoms with E-state index in [1.165, 1.54) is 5.48 Å². The van der Waals surface area contributed by atoms with Crippen molar-refractivity contribution in [2.45, 2.75) is 19.1 Å². The quantitative estimate of drug-likeness (QED) is 0.445. The first-order valence-electron chi connectivity index (χ1n) is 7.84. The van der Waals surface area contributed by atoms with Gasteiger partial charge in [-0.05, 0) is 17.7 Å². The van der Waals surface area contributed by atoms with E-state index in [0.29, 0.717) is 5.69 Å². The number of hydroxylamine groups is 1. The minimum atomic E-state index is -1.22. The molecule has 0 saturated heterocycles. The van der Waals surface area contributed by atoms with Gasteiger partial charge in [0.25, 0.3) is 0 Å². The highest BCUT2D eigenvalue weighted by Crippen LogP contribution is 2.07. The van der Waals surface area contributed by atoms with Gasteiger partial charge in [-0.3, -0.25) is 14.8 Å². The molecule has 0 aliphatic heterocycles. The van der Waals surface area contributed by atoms with E-state index in [0.717, 1.165) is 5.56 Å². The standard InChI is InChI=1S/C18H19N3O5/c22-16(21-25)11-15(17(23)19-14-9-5-2-6-10-14)20-18(24)26-12-13-7-3-1-4-8-13/h1-10,15,25H,11-12H2,(H,19,23)(H,20,24)(H,21,22)/t15-/m0/s1. The average Bonchev–Trinajstić information content (AvgIpc) is 2.67. The normalized spacial score (nSPS) is 11.1. The highest BCUT2D eigenvalue weighted by Gasteiger charge is 2.24. The van der Waals surface area contributed by atoms with Gasteiger partial charge in [0.05, 0.1) is 6.42 Å². The number of hydrogen-bond acceptors (Lipinski definition) is 5. The first kappa shape index (κ1) is 18.9. The summed E-state index contributed by atoms with van der Waals surface area (Å²) in [6, 6.07) is 16.4. The van der Waals surface area contributed by atoms with Crippen LogP contribution in [-0.4, -0.2) is 29.2 Å². The third kappa shape index (κ3) is 6.25. The predicted molar refractivity (Wildman–Crippen MR) is 93.2 cm³/mol. The lowest BCUT2D eigenvalue weighted by Gasteiger charge is -2.17. The average molecular weight is 357 g/mol. The molecule has 1 atom stereocenters. The fourth-order valence-corrected chi connectivity index (χ4v) is 2.10. The van der Waals surface area contributed by atoms with Crippen molar-refractivity contribution >= 4 is 23.6 Å². The summed E-state index contributed by atoms with van der Waals surface area (Å²) in [5, 5.41) is 13.6. The van der Waals surface area contributed by atoms with Crippen LogP contribution in [0.2, 0.25) is 0 Å². The van der Waals surface area contributed by atoms with Crippen LogP contribution in [0.4, 0.5) is 10.5 Å². The molecular weight excluding hydrogens is 338 g/mol. The van der Waals surface area contributed by atoms with Crippen molar-refractivity contribution < 1.29 is 24.3 Å². The number of carbonyl (C=O) groups excluding carboxylic acids is 3. The van der Waals surface area contributed by atoms with Gasteiger partial charge in [0.15, 0.2) is 0 Å². The summed E-state index contributed by atoms with van der Waals surface area (Å²) < 4.78 is 5.05. The van der Waals surface area contributed by atoms with E-state index in [4.69, 9.17) is 9.94 Å². The number of carbonyl (C=O) groups is 3. The Morgan fingerprint density at radius 2 is 1.58 bits per heavy atom. The molecule has 2 rings (SSSR count). The summed E-state index contributed by atoms with van der Waals surface area (Å²) in [5.74, 6) is -1.43. The molecule has 0 aromatic heterocycles. The van der Waals surface area contributed by atoms with E-state index in [1.807, 2.05) is 6.07 Å². The van der Waals surface area contributed by atoms with E-state index >= 15 is 0 Å². The number of para-hydroxylation sites is 1. The molecule has 8 nitrogen and oxygen atoms in total. The van der Waals surface area contributed by atoms with Gasteiger partial charge in [-0.2, -0.15) is 0 Å². The zero-order valence-corrected chi connectivity index (χ0v) is 13.8. The Kier molecular flexibility index (Phi) is 7.14. The number of alkyl carbamates (subject to hydrolysis) is 1. The molecule has 2 aromatic rings. The van der Waals surface area contributed by atoms with Gasteiger partial charge in [0.2, 0.25) is 11.8 Å². The Hall–Kier alpha value is -3.39. The molecule has 0 heterocycles. The summed E-state index contributed by atoms with van der Waals surface area (Å²) in [5.41, 5.74) is 2.72. The largest absolute Gasteiger partial charge is 0.445 e. The number of nitrogens with one attached hydrogen (secondary N) is 3. The highest BCUT2D eigenvalue weighted by molar-refractivity contribution is 5.99. The van der Waals surface area contributed by atoms with Gasteiger partial charge >= 0.3 is 6.09 Å². The molecule has 0 bridgehead atoms. The summed E-state index contributed by atoms with van der Waals surface area (Å²) >= 11 is 0. The van der Waals surface area contributed by atoms with Crippen molar-refractivity contribution in [3.63, 3.8) is 0 Å². The predicted octanol–water partition coefficient (Wildman–Crippen LogP) is 1.82. The van der Waals surface area contributed by atoms with E-state index in [-0.39, 0.29) is 6.61 Å². The smallest absolute Gasteiger partial charge is 0.408 e. The van der Waals surface area contributed by atoms with Crippen LogP contribution in [0.15, 0.2) is 60.7 Å². The van der Waals surface area contributed by atoms with Crippen LogP contribution in [-0.2, 0) is 20.9 Å². The number of anilines is 1. The second-order valence-corrected chi connectivity index (χ2v) is 5.35. The second-order valence-electron chi connectivity index (χ2n) is 5.35. The zero-order valence-electron chi connectivity index (χ0n) is 13.8. The van der Waals surface area contributed by atoms with Gasteiger partial charge in [0.1, 0.15) is 12.6 Å². The highest BCUT2D eigenvalue weighted by atomic mass is 16.5. The van der Waals surface area contributed by atoms with Gasteiger partial charge in [-0.25, -0.2) is 10.3 Å². The third-order valence-electron chi connectivity index (χ3n) is 3.38. The number of rotatable bonds is 7. The maximum Gasteiger partial charge on any atom is 0.408 e. The van der Waals surface area contributed by atoms with E-state index < -0.39 is 30.4 Å². The van der Waals surface area contributed by atoms with Crippen LogP contribution in [0.25, 0.3) is 0 Å². The molecule has 0 radical (unpaired) electrons. The number of hydrogen-bond donors (Lipinski definition) is 4. The zero-order chi connectivity index (χ0) is 18.8. The summed E-state index contributed by atoms with van der Waals surface area (Å²) in [7, 11) is 0. The Morgan fingerprint density at radius 3 is 2.19 bits per heavy atom. The summed E-state index contributed by atoms with van der Waals surface area (Å²) in [6.45, 7) is 0.0197. The molecule has 0 aliphatic rings. The molecule has 0 saturated carbocycles. The molecule has 0 fully saturated rings. The van der Waals surface area contributed by atoms with Crippen molar-refractivity contribution in [3.05, 3.63) is 66.2 Å². The number of benzene rings is 2. The van der Waals surface area contributed by atoms with Crippen LogP contribution in [0.5, 0.6) is 0 Å². The van der Waals surface area contributed by atoms with Gasteiger partial charge in [-0.1, -0.05) is 48.5 Å². The van der Waals surface area contributed by atoms with Crippen molar-refractivity contribution in [1.29, 1.82) is 0 Å². The Morgan fingerprint density at radius 1 is 0.962 bits per heavy atom. The van der Waals surface area contributed by atoms with Crippen LogP contribution >= 0.6 is 0 Å². The number of ether oxygens (including phenoxy) is 1. The molecule has 4 N–H and O–H groups in total. The molecule has 26 heavy (non-hydrogen) atoms. The lowest BCUT2D eigenvalue weighted by Crippen LogP contribution is -2.46. The fraction of sp³-hybridized carbons (Fsp3) is 0.167. The molecule has 0 unspecified atom stereocenters. The minimum Gasteiger partial charge on any atom is -0.445 e. The topological polar surface area (TPSA) is 117 Å². The lowest BCUT2D eigenvalue weighted by atomic mass is 10.2. The third-order valence-corrected chi connectivity index (χ3v) is 3.38. The molecule has 0 spiro atoms. The van der Waals surface area contributed by atoms with Crippen molar-refractivity contribution in [2.75, 3.05) is 5.32 Å². The molecule has 3 amide bonds. The Bertz CT molecular complexity index is 737. The van der Waals surface area contributed by atoms with Gasteiger partial charge in [-0.15, -0.1) is 0 Å². The van der Waals surface area contributed by atoms with Crippen molar-refractivity contribution in [3.8, 4) is 0 Å². The second kappa shape index (κ2) is 9.80. The lowest BCUT2D eigenvalue weighted by molar-refractivity contribution is -0.132. The number of amides is 3. The van der Waals surface area contributed by atoms with E-state index in [9.17, 15) is 14.4 Å². The first-order valence-corrected chi connectivity index (χ1v) is 7.84. The van der Waals surface area contributed by atoms with Crippen LogP contribution in [0.1, 0.15) is 12.0 Å². The fourth-order valence-electron chi connectivity index (χ4n) is 2.10. The SMILES string of the molecule is O=C(C[C@H](NC(=O)OCc1ccccc1)C(=O)Nc1ccccc1)NO. The molecule has 136 valence electrons. The summed E-state index contributed by atoms with van der Waals surface area (Å²) in [4.78, 5) is 35.7. The van der Waals surface area contributed by atoms with Gasteiger partial charge in [0, 0.05) is 5.69 Å². The van der Waals surface area contributed by atoms with E-state index in [2.05, 4.69) is 10.6 Å². The summed E-state index contributed by atoms with van der Waals surface area (Å²) in [6.07, 6.45) is -1.30. The van der Waals surface area contributed by atoms with E-state index in [1.54, 1.807) is 54.6 Å². The molecule has 8 heteroatoms. The maximum absolute atomic E-state index is 12.3. The molecular formula is C18H19N3O5. The monoisotopic (exact) mass is 357 g/mol. The van der Waals surface area contributed by atoms with Crippen LogP contribution < -0.4 is 16.1 Å². The molecule has 0 aliphatic carbocycles. The van der Waals surface area contributed by atoms with Crippen molar-refractivity contribution in [1.82, 2.24) is 10.8 Å². The maximum atomic E-state index is 12.3. The molecule has 2 aromatic carbocycles. The van der Waals surface area contributed by atoms with Crippen LogP contribution in [0, 0.1) is 0 Å². The first-order chi connectivity index (χ1) is 12.6. The van der Waals surface area contributed by atoms with Crippen molar-refractivity contribution in [2.24, 2.45) is 0 Å². The Balaban J connectivity index is 1.95. The Labute approximate surface area is 150 Å².